The van der Waals surface area contributed by atoms with Crippen LogP contribution < -0.4 is 5.32 Å². The minimum atomic E-state index is -0.836. The van der Waals surface area contributed by atoms with E-state index in [4.69, 9.17) is 4.74 Å². The number of nitrogens with one attached hydrogen (secondary N) is 1. The molecule has 0 aliphatic heterocycles. The molecule has 1 rings (SSSR count). The Balaban J connectivity index is 2.71. The molecule has 5 nitrogen and oxygen atoms in total. The fourth-order valence-electron chi connectivity index (χ4n) is 2.56. The molecule has 0 spiro atoms. The van der Waals surface area contributed by atoms with Crippen LogP contribution in [0.2, 0.25) is 0 Å². The van der Waals surface area contributed by atoms with Gasteiger partial charge in [0.15, 0.2) is 0 Å². The molecule has 104 valence electrons. The fourth-order valence-corrected chi connectivity index (χ4v) is 2.56. The zero-order valence-electron chi connectivity index (χ0n) is 11.6. The Morgan fingerprint density at radius 3 is 2.50 bits per heavy atom. The van der Waals surface area contributed by atoms with Crippen molar-refractivity contribution in [2.24, 2.45) is 5.41 Å². The Labute approximate surface area is 108 Å². The standard InChI is InChI=1S/C13H23NO4/c1-5-13(10(15)16)8-6-7-9(13)14-11(17)18-12(2,3)4/h9H,5-8H2,1-4H3,(H,14,17)(H,15,16)/t9-,13-/m0/s1. The summed E-state index contributed by atoms with van der Waals surface area (Å²) in [5.41, 5.74) is -1.41. The van der Waals surface area contributed by atoms with Gasteiger partial charge in [-0.05, 0) is 40.0 Å². The van der Waals surface area contributed by atoms with Crippen LogP contribution >= 0.6 is 0 Å². The predicted molar refractivity (Wildman–Crippen MR) is 67.4 cm³/mol. The number of alkyl carbamates (subject to hydrolysis) is 1. The molecule has 0 aromatic carbocycles. The maximum absolute atomic E-state index is 11.7. The number of rotatable bonds is 3. The maximum Gasteiger partial charge on any atom is 0.407 e. The summed E-state index contributed by atoms with van der Waals surface area (Å²) in [7, 11) is 0. The molecule has 1 amide bonds. The molecule has 1 aliphatic carbocycles. The van der Waals surface area contributed by atoms with Crippen LogP contribution in [-0.4, -0.2) is 28.8 Å². The van der Waals surface area contributed by atoms with E-state index in [1.54, 1.807) is 20.8 Å². The predicted octanol–water partition coefficient (Wildman–Crippen LogP) is 2.54. The Hall–Kier alpha value is -1.26. The number of hydrogen-bond donors (Lipinski definition) is 2. The van der Waals surface area contributed by atoms with Gasteiger partial charge in [0.2, 0.25) is 0 Å². The summed E-state index contributed by atoms with van der Waals surface area (Å²) in [5.74, 6) is -0.830. The van der Waals surface area contributed by atoms with Crippen LogP contribution in [-0.2, 0) is 9.53 Å². The second-order valence-corrected chi connectivity index (χ2v) is 5.91. The first-order chi connectivity index (χ1) is 8.21. The van der Waals surface area contributed by atoms with Crippen LogP contribution in [0.3, 0.4) is 0 Å². The monoisotopic (exact) mass is 257 g/mol. The highest BCUT2D eigenvalue weighted by Gasteiger charge is 2.48. The third-order valence-electron chi connectivity index (χ3n) is 3.53. The number of carboxylic acid groups (broad SMARTS) is 1. The molecule has 0 heterocycles. The van der Waals surface area contributed by atoms with Crippen LogP contribution in [0, 0.1) is 5.41 Å². The van der Waals surface area contributed by atoms with Gasteiger partial charge in [-0.15, -0.1) is 0 Å². The molecule has 2 atom stereocenters. The smallest absolute Gasteiger partial charge is 0.407 e. The topological polar surface area (TPSA) is 75.6 Å². The van der Waals surface area contributed by atoms with Crippen LogP contribution in [0.4, 0.5) is 4.79 Å². The van der Waals surface area contributed by atoms with E-state index < -0.39 is 23.1 Å². The molecular formula is C13H23NO4. The van der Waals surface area contributed by atoms with Gasteiger partial charge in [0.25, 0.3) is 0 Å². The van der Waals surface area contributed by atoms with E-state index in [0.717, 1.165) is 6.42 Å². The lowest BCUT2D eigenvalue weighted by molar-refractivity contribution is -0.150. The number of carbonyl (C=O) groups is 2. The summed E-state index contributed by atoms with van der Waals surface area (Å²) < 4.78 is 5.17. The zero-order chi connectivity index (χ0) is 14.0. The van der Waals surface area contributed by atoms with Crippen LogP contribution in [0.15, 0.2) is 0 Å². The molecule has 1 aliphatic rings. The Bertz CT molecular complexity index is 334. The highest BCUT2D eigenvalue weighted by Crippen LogP contribution is 2.41. The molecule has 1 fully saturated rings. The number of ether oxygens (including phenoxy) is 1. The summed E-state index contributed by atoms with van der Waals surface area (Å²) in [6.45, 7) is 7.20. The quantitative estimate of drug-likeness (QED) is 0.814. The van der Waals surface area contributed by atoms with Gasteiger partial charge in [-0.25, -0.2) is 4.79 Å². The van der Waals surface area contributed by atoms with Gasteiger partial charge in [0, 0.05) is 6.04 Å². The SMILES string of the molecule is CC[C@]1(C(=O)O)CCC[C@@H]1NC(=O)OC(C)(C)C. The van der Waals surface area contributed by atoms with E-state index in [1.807, 2.05) is 6.92 Å². The molecule has 18 heavy (non-hydrogen) atoms. The van der Waals surface area contributed by atoms with E-state index in [-0.39, 0.29) is 6.04 Å². The Kier molecular flexibility index (Phi) is 4.24. The average Bonchev–Trinajstić information content (AvgIpc) is 2.58. The van der Waals surface area contributed by atoms with Crippen molar-refractivity contribution < 1.29 is 19.4 Å². The van der Waals surface area contributed by atoms with Crippen molar-refractivity contribution in [2.75, 3.05) is 0 Å². The van der Waals surface area contributed by atoms with E-state index in [2.05, 4.69) is 5.32 Å². The molecule has 0 unspecified atom stereocenters. The zero-order valence-corrected chi connectivity index (χ0v) is 11.6. The first kappa shape index (κ1) is 14.8. The number of carboxylic acids is 1. The molecular weight excluding hydrogens is 234 g/mol. The van der Waals surface area contributed by atoms with E-state index in [0.29, 0.717) is 19.3 Å². The van der Waals surface area contributed by atoms with Gasteiger partial charge in [0.05, 0.1) is 5.41 Å². The molecule has 2 N–H and O–H groups in total. The summed E-state index contributed by atoms with van der Waals surface area (Å²) in [5, 5.41) is 12.1. The highest BCUT2D eigenvalue weighted by atomic mass is 16.6. The van der Waals surface area contributed by atoms with Crippen LogP contribution in [0.5, 0.6) is 0 Å². The number of carbonyl (C=O) groups excluding carboxylic acids is 1. The van der Waals surface area contributed by atoms with Crippen LogP contribution in [0.1, 0.15) is 53.4 Å². The van der Waals surface area contributed by atoms with Crippen molar-refractivity contribution in [1.29, 1.82) is 0 Å². The lowest BCUT2D eigenvalue weighted by atomic mass is 9.80. The minimum absolute atomic E-state index is 0.338. The number of hydrogen-bond acceptors (Lipinski definition) is 3. The summed E-state index contributed by atoms with van der Waals surface area (Å²) >= 11 is 0. The van der Waals surface area contributed by atoms with Crippen molar-refractivity contribution in [2.45, 2.75) is 65.0 Å². The van der Waals surface area contributed by atoms with Crippen molar-refractivity contribution in [3.05, 3.63) is 0 Å². The van der Waals surface area contributed by atoms with Crippen molar-refractivity contribution in [3.63, 3.8) is 0 Å². The van der Waals surface area contributed by atoms with Crippen LogP contribution in [0.25, 0.3) is 0 Å². The Morgan fingerprint density at radius 2 is 2.06 bits per heavy atom. The fraction of sp³-hybridized carbons (Fsp3) is 0.846. The van der Waals surface area contributed by atoms with Gasteiger partial charge in [-0.3, -0.25) is 4.79 Å². The van der Waals surface area contributed by atoms with E-state index in [1.165, 1.54) is 0 Å². The van der Waals surface area contributed by atoms with E-state index >= 15 is 0 Å². The molecule has 0 bridgehead atoms. The van der Waals surface area contributed by atoms with Gasteiger partial charge in [0.1, 0.15) is 5.60 Å². The normalized spacial score (nSPS) is 27.9. The molecule has 1 saturated carbocycles. The summed E-state index contributed by atoms with van der Waals surface area (Å²) in [6.07, 6.45) is 2.11. The van der Waals surface area contributed by atoms with Gasteiger partial charge in [-0.2, -0.15) is 0 Å². The highest BCUT2D eigenvalue weighted by molar-refractivity contribution is 5.78. The molecule has 0 radical (unpaired) electrons. The van der Waals surface area contributed by atoms with Crippen molar-refractivity contribution in [1.82, 2.24) is 5.32 Å². The Morgan fingerprint density at radius 1 is 1.44 bits per heavy atom. The molecule has 0 aromatic heterocycles. The number of amides is 1. The van der Waals surface area contributed by atoms with Gasteiger partial charge >= 0.3 is 12.1 Å². The van der Waals surface area contributed by atoms with Gasteiger partial charge in [-0.1, -0.05) is 13.3 Å². The third-order valence-corrected chi connectivity index (χ3v) is 3.53. The van der Waals surface area contributed by atoms with E-state index in [9.17, 15) is 14.7 Å². The second-order valence-electron chi connectivity index (χ2n) is 5.91. The number of aliphatic carboxylic acids is 1. The summed E-state index contributed by atoms with van der Waals surface area (Å²) in [4.78, 5) is 23.2. The second kappa shape index (κ2) is 5.16. The lowest BCUT2D eigenvalue weighted by Crippen LogP contribution is -2.49. The molecule has 0 saturated heterocycles. The van der Waals surface area contributed by atoms with Crippen molar-refractivity contribution in [3.8, 4) is 0 Å². The lowest BCUT2D eigenvalue weighted by Gasteiger charge is -2.31. The van der Waals surface area contributed by atoms with Crippen molar-refractivity contribution >= 4 is 12.1 Å². The third kappa shape index (κ3) is 3.15. The summed E-state index contributed by atoms with van der Waals surface area (Å²) in [6, 6.07) is -0.338. The maximum atomic E-state index is 11.7. The first-order valence-electron chi connectivity index (χ1n) is 6.44. The minimum Gasteiger partial charge on any atom is -0.481 e. The average molecular weight is 257 g/mol. The largest absolute Gasteiger partial charge is 0.481 e. The van der Waals surface area contributed by atoms with Gasteiger partial charge < -0.3 is 15.2 Å². The first-order valence-corrected chi connectivity index (χ1v) is 6.44. The molecule has 0 aromatic rings. The molecule has 5 heteroatoms.